The molecule has 104 valence electrons. The highest BCUT2D eigenvalue weighted by Crippen LogP contribution is 2.56. The van der Waals surface area contributed by atoms with Crippen LogP contribution < -0.4 is 5.32 Å². The van der Waals surface area contributed by atoms with Gasteiger partial charge >= 0.3 is 0 Å². The average molecular weight is 269 g/mol. The predicted molar refractivity (Wildman–Crippen MR) is 80.3 cm³/mol. The molecule has 1 atom stereocenters. The first kappa shape index (κ1) is 13.3. The van der Waals surface area contributed by atoms with Crippen molar-refractivity contribution in [1.29, 1.82) is 0 Å². The molecule has 2 heteroatoms. The van der Waals surface area contributed by atoms with Crippen molar-refractivity contribution in [2.75, 3.05) is 7.05 Å². The minimum atomic E-state index is -0.149. The van der Waals surface area contributed by atoms with E-state index >= 15 is 0 Å². The summed E-state index contributed by atoms with van der Waals surface area (Å²) in [6, 6.07) is 16.1. The monoisotopic (exact) mass is 269 g/mol. The van der Waals surface area contributed by atoms with E-state index in [0.29, 0.717) is 0 Å². The van der Waals surface area contributed by atoms with Crippen LogP contribution in [0.25, 0.3) is 0 Å². The minimum absolute atomic E-state index is 0.121. The fourth-order valence-corrected chi connectivity index (χ4v) is 3.34. The second-order valence-electron chi connectivity index (χ2n) is 5.81. The normalized spacial score (nSPS) is 17.8. The summed E-state index contributed by atoms with van der Waals surface area (Å²) in [4.78, 5) is 0. The van der Waals surface area contributed by atoms with Gasteiger partial charge in [0.15, 0.2) is 0 Å². The van der Waals surface area contributed by atoms with Crippen LogP contribution in [0.3, 0.4) is 0 Å². The average Bonchev–Trinajstić information content (AvgIpc) is 3.21. The molecule has 2 aromatic rings. The number of hydrogen-bond donors (Lipinski definition) is 1. The van der Waals surface area contributed by atoms with Gasteiger partial charge in [0.1, 0.15) is 5.82 Å². The number of aryl methyl sites for hydroxylation is 1. The molecular formula is C18H20FN. The van der Waals surface area contributed by atoms with E-state index in [4.69, 9.17) is 0 Å². The molecular weight excluding hydrogens is 249 g/mol. The molecule has 20 heavy (non-hydrogen) atoms. The van der Waals surface area contributed by atoms with E-state index in [-0.39, 0.29) is 17.3 Å². The molecule has 0 aliphatic heterocycles. The zero-order chi connectivity index (χ0) is 14.2. The van der Waals surface area contributed by atoms with Gasteiger partial charge in [-0.3, -0.25) is 0 Å². The molecule has 1 aliphatic carbocycles. The van der Waals surface area contributed by atoms with Crippen LogP contribution in [0.5, 0.6) is 0 Å². The SMILES string of the molecule is CNC(c1cc(C)cc(F)c1)C1(c2ccccc2)CC1. The Morgan fingerprint density at radius 3 is 2.35 bits per heavy atom. The topological polar surface area (TPSA) is 12.0 Å². The second kappa shape index (κ2) is 5.02. The van der Waals surface area contributed by atoms with E-state index in [9.17, 15) is 4.39 Å². The summed E-state index contributed by atoms with van der Waals surface area (Å²) in [7, 11) is 1.97. The van der Waals surface area contributed by atoms with Crippen LogP contribution in [-0.4, -0.2) is 7.05 Å². The van der Waals surface area contributed by atoms with Crippen LogP contribution >= 0.6 is 0 Å². The molecule has 3 rings (SSSR count). The number of halogens is 1. The summed E-state index contributed by atoms with van der Waals surface area (Å²) in [6.07, 6.45) is 2.30. The lowest BCUT2D eigenvalue weighted by molar-refractivity contribution is 0.460. The zero-order valence-electron chi connectivity index (χ0n) is 12.0. The van der Waals surface area contributed by atoms with E-state index in [1.54, 1.807) is 12.1 Å². The highest BCUT2D eigenvalue weighted by atomic mass is 19.1. The lowest BCUT2D eigenvalue weighted by atomic mass is 9.83. The van der Waals surface area contributed by atoms with Crippen LogP contribution in [0, 0.1) is 12.7 Å². The van der Waals surface area contributed by atoms with Crippen molar-refractivity contribution in [3.05, 3.63) is 71.0 Å². The highest BCUT2D eigenvalue weighted by Gasteiger charge is 2.50. The van der Waals surface area contributed by atoms with Crippen LogP contribution in [-0.2, 0) is 5.41 Å². The Labute approximate surface area is 119 Å². The van der Waals surface area contributed by atoms with Gasteiger partial charge in [-0.1, -0.05) is 36.4 Å². The number of hydrogen-bond acceptors (Lipinski definition) is 1. The van der Waals surface area contributed by atoms with E-state index in [0.717, 1.165) is 24.0 Å². The quantitative estimate of drug-likeness (QED) is 0.880. The van der Waals surface area contributed by atoms with Gasteiger partial charge in [0.2, 0.25) is 0 Å². The Balaban J connectivity index is 2.02. The summed E-state index contributed by atoms with van der Waals surface area (Å²) in [6.45, 7) is 1.95. The van der Waals surface area contributed by atoms with Crippen LogP contribution in [0.1, 0.15) is 35.6 Å². The maximum atomic E-state index is 13.7. The fourth-order valence-electron chi connectivity index (χ4n) is 3.34. The predicted octanol–water partition coefficient (Wildman–Crippen LogP) is 4.13. The Morgan fingerprint density at radius 2 is 1.80 bits per heavy atom. The first-order valence-electron chi connectivity index (χ1n) is 7.15. The van der Waals surface area contributed by atoms with Gasteiger partial charge in [0, 0.05) is 11.5 Å². The molecule has 0 saturated heterocycles. The standard InChI is InChI=1S/C18H20FN/c1-13-10-14(12-16(19)11-13)17(20-2)18(8-9-18)15-6-4-3-5-7-15/h3-7,10-12,17,20H,8-9H2,1-2H3. The van der Waals surface area contributed by atoms with Gasteiger partial charge in [-0.25, -0.2) is 4.39 Å². The smallest absolute Gasteiger partial charge is 0.123 e. The maximum absolute atomic E-state index is 13.7. The van der Waals surface area contributed by atoms with Gasteiger partial charge in [0.25, 0.3) is 0 Å². The number of benzene rings is 2. The number of rotatable bonds is 4. The molecule has 0 radical (unpaired) electrons. The summed E-state index contributed by atoms with van der Waals surface area (Å²) in [5.74, 6) is -0.149. The summed E-state index contributed by atoms with van der Waals surface area (Å²) >= 11 is 0. The Kier molecular flexibility index (Phi) is 3.35. The van der Waals surface area contributed by atoms with Crippen molar-refractivity contribution in [1.82, 2.24) is 5.32 Å². The molecule has 1 fully saturated rings. The lowest BCUT2D eigenvalue weighted by Gasteiger charge is -2.28. The van der Waals surface area contributed by atoms with Crippen molar-refractivity contribution in [2.24, 2.45) is 0 Å². The van der Waals surface area contributed by atoms with Crippen LogP contribution in [0.4, 0.5) is 4.39 Å². The summed E-state index contributed by atoms with van der Waals surface area (Å²) in [5, 5.41) is 3.41. The van der Waals surface area contributed by atoms with Crippen molar-refractivity contribution in [3.8, 4) is 0 Å². The van der Waals surface area contributed by atoms with Crippen molar-refractivity contribution in [2.45, 2.75) is 31.2 Å². The van der Waals surface area contributed by atoms with Gasteiger partial charge in [-0.2, -0.15) is 0 Å². The third-order valence-electron chi connectivity index (χ3n) is 4.38. The molecule has 0 spiro atoms. The minimum Gasteiger partial charge on any atom is -0.312 e. The third kappa shape index (κ3) is 2.25. The van der Waals surface area contributed by atoms with Gasteiger partial charge < -0.3 is 5.32 Å². The van der Waals surface area contributed by atoms with E-state index in [1.165, 1.54) is 5.56 Å². The summed E-state index contributed by atoms with van der Waals surface area (Å²) in [5.41, 5.74) is 3.49. The molecule has 1 saturated carbocycles. The molecule has 1 N–H and O–H groups in total. The third-order valence-corrected chi connectivity index (χ3v) is 4.38. The van der Waals surface area contributed by atoms with E-state index < -0.39 is 0 Å². The Hall–Kier alpha value is -1.67. The van der Waals surface area contributed by atoms with Gasteiger partial charge in [-0.15, -0.1) is 0 Å². The largest absolute Gasteiger partial charge is 0.312 e. The fraction of sp³-hybridized carbons (Fsp3) is 0.333. The van der Waals surface area contributed by atoms with Gasteiger partial charge in [0.05, 0.1) is 0 Å². The Bertz CT molecular complexity index is 582. The van der Waals surface area contributed by atoms with Crippen molar-refractivity contribution in [3.63, 3.8) is 0 Å². The first-order valence-corrected chi connectivity index (χ1v) is 7.15. The number of nitrogens with one attached hydrogen (secondary N) is 1. The van der Waals surface area contributed by atoms with E-state index in [2.05, 4.69) is 35.6 Å². The Morgan fingerprint density at radius 1 is 1.10 bits per heavy atom. The van der Waals surface area contributed by atoms with Gasteiger partial charge in [-0.05, 0) is 55.6 Å². The highest BCUT2D eigenvalue weighted by molar-refractivity contribution is 5.39. The summed E-state index contributed by atoms with van der Waals surface area (Å²) < 4.78 is 13.7. The number of likely N-dealkylation sites (N-methyl/N-ethyl adjacent to an activating group) is 1. The molecule has 1 nitrogen and oxygen atoms in total. The molecule has 0 amide bonds. The van der Waals surface area contributed by atoms with Crippen molar-refractivity contribution >= 4 is 0 Å². The molecule has 0 heterocycles. The molecule has 1 aliphatic rings. The lowest BCUT2D eigenvalue weighted by Crippen LogP contribution is -2.29. The zero-order valence-corrected chi connectivity index (χ0v) is 12.0. The van der Waals surface area contributed by atoms with Crippen molar-refractivity contribution < 1.29 is 4.39 Å². The molecule has 1 unspecified atom stereocenters. The maximum Gasteiger partial charge on any atom is 0.123 e. The first-order chi connectivity index (χ1) is 9.65. The molecule has 0 aromatic heterocycles. The van der Waals surface area contributed by atoms with E-state index in [1.807, 2.05) is 20.0 Å². The molecule has 0 bridgehead atoms. The van der Waals surface area contributed by atoms with Crippen LogP contribution in [0.2, 0.25) is 0 Å². The molecule has 2 aromatic carbocycles. The van der Waals surface area contributed by atoms with Crippen LogP contribution in [0.15, 0.2) is 48.5 Å². The second-order valence-corrected chi connectivity index (χ2v) is 5.81.